The molecule has 0 aromatic rings. The van der Waals surface area contributed by atoms with E-state index in [0.717, 1.165) is 0 Å². The van der Waals surface area contributed by atoms with E-state index in [9.17, 15) is 0 Å². The number of allylic oxidation sites excluding steroid dienone is 4. The maximum Gasteiger partial charge on any atom is 0.0119 e. The maximum atomic E-state index is 2.39. The number of hydrogen-bond acceptors (Lipinski definition) is 0. The van der Waals surface area contributed by atoms with Gasteiger partial charge in [0, 0.05) is 3.58 Å². The molecule has 0 heterocycles. The van der Waals surface area contributed by atoms with E-state index in [1.807, 2.05) is 0 Å². The first kappa shape index (κ1) is 6.33. The van der Waals surface area contributed by atoms with Crippen LogP contribution in [0.15, 0.2) is 21.3 Å². The lowest BCUT2D eigenvalue weighted by atomic mass is 10.2. The van der Waals surface area contributed by atoms with Crippen LogP contribution in [-0.2, 0) is 0 Å². The summed E-state index contributed by atoms with van der Waals surface area (Å²) in [5, 5.41) is 0. The predicted octanol–water partition coefficient (Wildman–Crippen LogP) is 3.05. The van der Waals surface area contributed by atoms with Crippen molar-refractivity contribution in [3.63, 3.8) is 0 Å². The van der Waals surface area contributed by atoms with E-state index in [4.69, 9.17) is 0 Å². The highest BCUT2D eigenvalue weighted by molar-refractivity contribution is 14.1. The summed E-state index contributed by atoms with van der Waals surface area (Å²) >= 11 is 2.39. The van der Waals surface area contributed by atoms with Crippen LogP contribution in [0.1, 0.15) is 19.8 Å². The second-order valence-corrected chi connectivity index (χ2v) is 3.07. The van der Waals surface area contributed by atoms with Crippen LogP contribution < -0.4 is 0 Å². The summed E-state index contributed by atoms with van der Waals surface area (Å²) < 4.78 is 1.45. The van der Waals surface area contributed by atoms with Crippen molar-refractivity contribution in [1.29, 1.82) is 0 Å². The van der Waals surface area contributed by atoms with Crippen LogP contribution in [-0.4, -0.2) is 0 Å². The molecule has 0 unspecified atom stereocenters. The molecule has 0 atom stereocenters. The van der Waals surface area contributed by atoms with E-state index in [2.05, 4.69) is 41.7 Å². The Morgan fingerprint density at radius 2 is 2.50 bits per heavy atom. The summed E-state index contributed by atoms with van der Waals surface area (Å²) in [6.07, 6.45) is 6.99. The normalized spacial score (nSPS) is 24.2. The summed E-state index contributed by atoms with van der Waals surface area (Å²) in [7, 11) is 0. The van der Waals surface area contributed by atoms with Crippen molar-refractivity contribution in [3.05, 3.63) is 21.3 Å². The minimum Gasteiger partial charge on any atom is -0.0834 e. The standard InChI is InChI=1S/C7H9I/c1-2-6-4-3-5-7(6)8/h2,5H,3-4H2,1H3/b6-2+. The van der Waals surface area contributed by atoms with E-state index in [-0.39, 0.29) is 0 Å². The van der Waals surface area contributed by atoms with Crippen molar-refractivity contribution in [3.8, 4) is 0 Å². The number of halogens is 1. The van der Waals surface area contributed by atoms with Gasteiger partial charge in [0.05, 0.1) is 0 Å². The molecule has 44 valence electrons. The van der Waals surface area contributed by atoms with Gasteiger partial charge in [-0.05, 0) is 47.9 Å². The fourth-order valence-electron chi connectivity index (χ4n) is 0.887. The summed E-state index contributed by atoms with van der Waals surface area (Å²) in [4.78, 5) is 0. The van der Waals surface area contributed by atoms with Gasteiger partial charge in [0.1, 0.15) is 0 Å². The zero-order valence-electron chi connectivity index (χ0n) is 4.95. The average molecular weight is 220 g/mol. The molecule has 0 spiro atoms. The highest BCUT2D eigenvalue weighted by Crippen LogP contribution is 2.29. The van der Waals surface area contributed by atoms with Crippen LogP contribution in [0.3, 0.4) is 0 Å². The summed E-state index contributed by atoms with van der Waals surface area (Å²) in [5.74, 6) is 0. The molecule has 8 heavy (non-hydrogen) atoms. The molecule has 1 aliphatic rings. The largest absolute Gasteiger partial charge is 0.0834 e. The monoisotopic (exact) mass is 220 g/mol. The molecular formula is C7H9I. The molecular weight excluding hydrogens is 211 g/mol. The zero-order valence-corrected chi connectivity index (χ0v) is 7.10. The molecule has 0 saturated heterocycles. The molecule has 0 amide bonds. The Hall–Kier alpha value is 0.210. The van der Waals surface area contributed by atoms with Crippen LogP contribution in [0.5, 0.6) is 0 Å². The minimum absolute atomic E-state index is 1.25. The molecule has 0 aromatic heterocycles. The Kier molecular flexibility index (Phi) is 2.11. The van der Waals surface area contributed by atoms with Crippen LogP contribution in [0.25, 0.3) is 0 Å². The smallest absolute Gasteiger partial charge is 0.0119 e. The molecule has 0 saturated carbocycles. The van der Waals surface area contributed by atoms with E-state index in [1.54, 1.807) is 0 Å². The van der Waals surface area contributed by atoms with Gasteiger partial charge in [0.15, 0.2) is 0 Å². The quantitative estimate of drug-likeness (QED) is 0.550. The SMILES string of the molecule is C/C=C1\CCC=C1I. The lowest BCUT2D eigenvalue weighted by Gasteiger charge is -1.91. The number of rotatable bonds is 0. The first-order chi connectivity index (χ1) is 3.84. The Labute approximate surface area is 63.8 Å². The Bertz CT molecular complexity index is 142. The third-order valence-electron chi connectivity index (χ3n) is 1.39. The lowest BCUT2D eigenvalue weighted by Crippen LogP contribution is -1.69. The van der Waals surface area contributed by atoms with Crippen molar-refractivity contribution < 1.29 is 0 Å². The molecule has 0 N–H and O–H groups in total. The number of hydrogen-bond donors (Lipinski definition) is 0. The molecule has 1 aliphatic carbocycles. The lowest BCUT2D eigenvalue weighted by molar-refractivity contribution is 1.06. The second kappa shape index (κ2) is 2.67. The zero-order chi connectivity index (χ0) is 5.98. The van der Waals surface area contributed by atoms with Crippen molar-refractivity contribution >= 4 is 22.6 Å². The van der Waals surface area contributed by atoms with Crippen LogP contribution in [0.4, 0.5) is 0 Å². The van der Waals surface area contributed by atoms with E-state index in [1.165, 1.54) is 22.0 Å². The third-order valence-corrected chi connectivity index (χ3v) is 2.53. The summed E-state index contributed by atoms with van der Waals surface area (Å²) in [5.41, 5.74) is 1.52. The van der Waals surface area contributed by atoms with Crippen LogP contribution in [0, 0.1) is 0 Å². The van der Waals surface area contributed by atoms with E-state index < -0.39 is 0 Å². The molecule has 1 heteroatoms. The molecule has 0 aromatic carbocycles. The Morgan fingerprint density at radius 3 is 2.75 bits per heavy atom. The first-order valence-electron chi connectivity index (χ1n) is 2.86. The highest BCUT2D eigenvalue weighted by atomic mass is 127. The van der Waals surface area contributed by atoms with Crippen molar-refractivity contribution in [2.24, 2.45) is 0 Å². The first-order valence-corrected chi connectivity index (χ1v) is 3.93. The Balaban J connectivity index is 2.74. The van der Waals surface area contributed by atoms with Gasteiger partial charge in [-0.1, -0.05) is 12.2 Å². The van der Waals surface area contributed by atoms with Gasteiger partial charge < -0.3 is 0 Å². The fourth-order valence-corrected chi connectivity index (χ4v) is 1.78. The second-order valence-electron chi connectivity index (χ2n) is 1.90. The predicted molar refractivity (Wildman–Crippen MR) is 45.1 cm³/mol. The van der Waals surface area contributed by atoms with Gasteiger partial charge in [-0.3, -0.25) is 0 Å². The van der Waals surface area contributed by atoms with Gasteiger partial charge >= 0.3 is 0 Å². The fraction of sp³-hybridized carbons (Fsp3) is 0.429. The highest BCUT2D eigenvalue weighted by Gasteiger charge is 2.05. The minimum atomic E-state index is 1.25. The molecule has 0 aliphatic heterocycles. The van der Waals surface area contributed by atoms with Crippen molar-refractivity contribution in [2.45, 2.75) is 19.8 Å². The third kappa shape index (κ3) is 1.13. The molecule has 1 rings (SSSR count). The molecule has 0 bridgehead atoms. The van der Waals surface area contributed by atoms with Crippen LogP contribution in [0.2, 0.25) is 0 Å². The van der Waals surface area contributed by atoms with Gasteiger partial charge in [-0.2, -0.15) is 0 Å². The van der Waals surface area contributed by atoms with Gasteiger partial charge in [0.2, 0.25) is 0 Å². The summed E-state index contributed by atoms with van der Waals surface area (Å²) in [6, 6.07) is 0. The van der Waals surface area contributed by atoms with Gasteiger partial charge in [-0.15, -0.1) is 0 Å². The Morgan fingerprint density at radius 1 is 1.75 bits per heavy atom. The maximum absolute atomic E-state index is 2.39. The summed E-state index contributed by atoms with van der Waals surface area (Å²) in [6.45, 7) is 2.10. The average Bonchev–Trinajstić information content (AvgIpc) is 2.14. The van der Waals surface area contributed by atoms with Gasteiger partial charge in [0.25, 0.3) is 0 Å². The van der Waals surface area contributed by atoms with E-state index >= 15 is 0 Å². The van der Waals surface area contributed by atoms with Crippen molar-refractivity contribution in [1.82, 2.24) is 0 Å². The molecule has 0 fully saturated rings. The molecule has 0 radical (unpaired) electrons. The van der Waals surface area contributed by atoms with Gasteiger partial charge in [-0.25, -0.2) is 0 Å². The molecule has 0 nitrogen and oxygen atoms in total. The van der Waals surface area contributed by atoms with Crippen LogP contribution >= 0.6 is 22.6 Å². The van der Waals surface area contributed by atoms with Crippen molar-refractivity contribution in [2.75, 3.05) is 0 Å². The van der Waals surface area contributed by atoms with E-state index in [0.29, 0.717) is 0 Å². The topological polar surface area (TPSA) is 0 Å².